The number of methoxy groups -OCH3 is 1. The van der Waals surface area contributed by atoms with Gasteiger partial charge in [-0.15, -0.1) is 0 Å². The molecule has 1 fully saturated rings. The van der Waals surface area contributed by atoms with Crippen LogP contribution in [0.25, 0.3) is 0 Å². The number of amides is 1. The lowest BCUT2D eigenvalue weighted by molar-refractivity contribution is 0.0730. The number of benzene rings is 1. The molecule has 0 N–H and O–H groups in total. The van der Waals surface area contributed by atoms with Gasteiger partial charge in [0.25, 0.3) is 5.91 Å². The van der Waals surface area contributed by atoms with Crippen molar-refractivity contribution in [1.82, 2.24) is 14.9 Å². The predicted octanol–water partition coefficient (Wildman–Crippen LogP) is 1.98. The van der Waals surface area contributed by atoms with Gasteiger partial charge in [0.2, 0.25) is 5.95 Å². The fourth-order valence-electron chi connectivity index (χ4n) is 3.92. The molecular weight excluding hydrogens is 382 g/mol. The molecule has 8 heteroatoms. The molecule has 1 aromatic carbocycles. The van der Waals surface area contributed by atoms with Crippen LogP contribution in [0.5, 0.6) is 5.75 Å². The Morgan fingerprint density at radius 3 is 2.70 bits per heavy atom. The number of rotatable bonds is 5. The zero-order valence-electron chi connectivity index (χ0n) is 17.9. The number of hydrogen-bond acceptors (Lipinski definition) is 7. The van der Waals surface area contributed by atoms with E-state index in [4.69, 9.17) is 19.4 Å². The number of fused-ring (bicyclic) bond motifs is 1. The van der Waals surface area contributed by atoms with Crippen molar-refractivity contribution in [1.29, 1.82) is 0 Å². The van der Waals surface area contributed by atoms with Gasteiger partial charge in [-0.25, -0.2) is 4.98 Å². The van der Waals surface area contributed by atoms with Gasteiger partial charge in [-0.2, -0.15) is 4.98 Å². The van der Waals surface area contributed by atoms with Gasteiger partial charge >= 0.3 is 0 Å². The van der Waals surface area contributed by atoms with Crippen LogP contribution in [0.1, 0.15) is 28.5 Å². The van der Waals surface area contributed by atoms with Gasteiger partial charge in [0.05, 0.1) is 38.1 Å². The number of carbonyl (C=O) groups is 1. The number of para-hydroxylation sites is 1. The molecule has 1 amide bonds. The van der Waals surface area contributed by atoms with Crippen LogP contribution in [0, 0.1) is 0 Å². The number of ether oxygens (including phenoxy) is 2. The molecule has 0 radical (unpaired) electrons. The molecule has 8 nitrogen and oxygen atoms in total. The van der Waals surface area contributed by atoms with E-state index >= 15 is 0 Å². The number of anilines is 2. The Hall–Kier alpha value is -2.87. The largest absolute Gasteiger partial charge is 0.496 e. The summed E-state index contributed by atoms with van der Waals surface area (Å²) < 4.78 is 10.9. The summed E-state index contributed by atoms with van der Waals surface area (Å²) in [5.41, 5.74) is 2.65. The summed E-state index contributed by atoms with van der Waals surface area (Å²) >= 11 is 0. The van der Waals surface area contributed by atoms with E-state index in [0.717, 1.165) is 42.7 Å². The van der Waals surface area contributed by atoms with Crippen molar-refractivity contribution in [2.75, 3.05) is 63.4 Å². The monoisotopic (exact) mass is 411 g/mol. The molecule has 0 saturated carbocycles. The average molecular weight is 412 g/mol. The van der Waals surface area contributed by atoms with Crippen LogP contribution in [0.4, 0.5) is 11.8 Å². The lowest BCUT2D eigenvalue weighted by Crippen LogP contribution is -2.40. The van der Waals surface area contributed by atoms with Gasteiger partial charge in [-0.05, 0) is 19.1 Å². The quantitative estimate of drug-likeness (QED) is 0.745. The Morgan fingerprint density at radius 2 is 1.97 bits per heavy atom. The summed E-state index contributed by atoms with van der Waals surface area (Å²) in [5, 5.41) is 0. The van der Waals surface area contributed by atoms with Gasteiger partial charge in [0.15, 0.2) is 0 Å². The molecule has 160 valence electrons. The van der Waals surface area contributed by atoms with Crippen molar-refractivity contribution in [3.05, 3.63) is 41.1 Å². The molecule has 30 heavy (non-hydrogen) atoms. The first-order valence-corrected chi connectivity index (χ1v) is 10.5. The second kappa shape index (κ2) is 8.87. The van der Waals surface area contributed by atoms with E-state index in [1.165, 1.54) is 0 Å². The zero-order valence-corrected chi connectivity index (χ0v) is 17.9. The Morgan fingerprint density at radius 1 is 1.20 bits per heavy atom. The zero-order chi connectivity index (χ0) is 21.1. The second-order valence-corrected chi connectivity index (χ2v) is 7.56. The van der Waals surface area contributed by atoms with Gasteiger partial charge in [0.1, 0.15) is 11.6 Å². The van der Waals surface area contributed by atoms with Crippen LogP contribution >= 0.6 is 0 Å². The van der Waals surface area contributed by atoms with Crippen LogP contribution < -0.4 is 14.5 Å². The molecule has 4 rings (SSSR count). The van der Waals surface area contributed by atoms with Crippen molar-refractivity contribution < 1.29 is 14.3 Å². The van der Waals surface area contributed by atoms with E-state index in [2.05, 4.69) is 16.7 Å². The van der Waals surface area contributed by atoms with E-state index in [0.29, 0.717) is 44.0 Å². The van der Waals surface area contributed by atoms with Crippen LogP contribution in [0.15, 0.2) is 24.3 Å². The summed E-state index contributed by atoms with van der Waals surface area (Å²) in [4.78, 5) is 29.2. The van der Waals surface area contributed by atoms with E-state index < -0.39 is 0 Å². The maximum absolute atomic E-state index is 13.2. The fraction of sp³-hybridized carbons (Fsp3) is 0.500. The highest BCUT2D eigenvalue weighted by molar-refractivity contribution is 5.97. The van der Waals surface area contributed by atoms with E-state index in [1.54, 1.807) is 7.11 Å². The lowest BCUT2D eigenvalue weighted by Gasteiger charge is -2.34. The number of morpholine rings is 1. The maximum atomic E-state index is 13.2. The third-order valence-electron chi connectivity index (χ3n) is 5.78. The number of nitrogens with zero attached hydrogens (tertiary/aromatic N) is 5. The molecule has 0 bridgehead atoms. The van der Waals surface area contributed by atoms with Crippen LogP contribution in [0.3, 0.4) is 0 Å². The molecular formula is C22H29N5O3. The first-order chi connectivity index (χ1) is 14.6. The molecule has 1 saturated heterocycles. The molecule has 1 aromatic heterocycles. The molecule has 2 aliphatic rings. The highest BCUT2D eigenvalue weighted by atomic mass is 16.5. The summed E-state index contributed by atoms with van der Waals surface area (Å²) in [7, 11) is 3.62. The maximum Gasteiger partial charge on any atom is 0.257 e. The minimum Gasteiger partial charge on any atom is -0.496 e. The van der Waals surface area contributed by atoms with Crippen molar-refractivity contribution in [2.24, 2.45) is 0 Å². The molecule has 0 spiro atoms. The Balaban J connectivity index is 1.65. The highest BCUT2D eigenvalue weighted by Gasteiger charge is 2.29. The van der Waals surface area contributed by atoms with E-state index in [9.17, 15) is 4.79 Å². The molecule has 3 heterocycles. The topological polar surface area (TPSA) is 71.0 Å². The summed E-state index contributed by atoms with van der Waals surface area (Å²) in [5.74, 6) is 2.23. The van der Waals surface area contributed by atoms with Crippen molar-refractivity contribution in [2.45, 2.75) is 19.9 Å². The standard InChI is InChI=1S/C22H29N5O3/c1-4-25(2)20-17-15-27(21(28)16-7-5-6-8-19(16)29-3)10-9-18(17)23-22(24-20)26-11-13-30-14-12-26/h5-8H,4,9-15H2,1-3H3. The Kier molecular flexibility index (Phi) is 6.03. The van der Waals surface area contributed by atoms with Crippen molar-refractivity contribution in [3.8, 4) is 5.75 Å². The summed E-state index contributed by atoms with van der Waals surface area (Å²) in [6.07, 6.45) is 0.709. The van der Waals surface area contributed by atoms with Gasteiger partial charge in [-0.3, -0.25) is 4.79 Å². The molecule has 0 aliphatic carbocycles. The minimum absolute atomic E-state index is 0.0274. The smallest absolute Gasteiger partial charge is 0.257 e. The van der Waals surface area contributed by atoms with Crippen molar-refractivity contribution in [3.63, 3.8) is 0 Å². The third-order valence-corrected chi connectivity index (χ3v) is 5.78. The van der Waals surface area contributed by atoms with E-state index in [1.807, 2.05) is 36.2 Å². The highest BCUT2D eigenvalue weighted by Crippen LogP contribution is 2.30. The SMILES string of the molecule is CCN(C)c1nc(N2CCOCC2)nc2c1CN(C(=O)c1ccccc1OC)CC2. The van der Waals surface area contributed by atoms with Gasteiger partial charge in [-0.1, -0.05) is 12.1 Å². The fourth-order valence-corrected chi connectivity index (χ4v) is 3.92. The Labute approximate surface area is 177 Å². The predicted molar refractivity (Wildman–Crippen MR) is 115 cm³/mol. The molecule has 0 atom stereocenters. The average Bonchev–Trinajstić information content (AvgIpc) is 2.82. The van der Waals surface area contributed by atoms with Crippen LogP contribution in [-0.4, -0.2) is 74.3 Å². The van der Waals surface area contributed by atoms with Gasteiger partial charge < -0.3 is 24.2 Å². The first kappa shape index (κ1) is 20.4. The summed E-state index contributed by atoms with van der Waals surface area (Å²) in [6, 6.07) is 7.37. The first-order valence-electron chi connectivity index (χ1n) is 10.5. The lowest BCUT2D eigenvalue weighted by atomic mass is 10.0. The third kappa shape index (κ3) is 3.92. The van der Waals surface area contributed by atoms with Crippen LogP contribution in [0.2, 0.25) is 0 Å². The number of hydrogen-bond donors (Lipinski definition) is 0. The normalized spacial score (nSPS) is 16.2. The minimum atomic E-state index is -0.0274. The van der Waals surface area contributed by atoms with Gasteiger partial charge in [0, 0.05) is 45.2 Å². The van der Waals surface area contributed by atoms with Crippen molar-refractivity contribution >= 4 is 17.7 Å². The molecule has 2 aromatic rings. The number of aromatic nitrogens is 2. The van der Waals surface area contributed by atoms with E-state index in [-0.39, 0.29) is 5.91 Å². The molecule has 2 aliphatic heterocycles. The van der Waals surface area contributed by atoms with Crippen LogP contribution in [-0.2, 0) is 17.7 Å². The molecule has 0 unspecified atom stereocenters. The second-order valence-electron chi connectivity index (χ2n) is 7.56. The number of carbonyl (C=O) groups excluding carboxylic acids is 1. The summed E-state index contributed by atoms with van der Waals surface area (Å²) in [6.45, 7) is 7.03. The Bertz CT molecular complexity index is 914.